The summed E-state index contributed by atoms with van der Waals surface area (Å²) in [7, 11) is 0. The molecule has 2 unspecified atom stereocenters. The van der Waals surface area contributed by atoms with Gasteiger partial charge in [-0.3, -0.25) is 0 Å². The van der Waals surface area contributed by atoms with Crippen LogP contribution in [-0.4, -0.2) is 34.2 Å². The maximum absolute atomic E-state index is 10.9. The van der Waals surface area contributed by atoms with Crippen LogP contribution in [0.5, 0.6) is 0 Å². The predicted molar refractivity (Wildman–Crippen MR) is 115 cm³/mol. The normalized spacial score (nSPS) is 26.8. The maximum atomic E-state index is 10.9. The summed E-state index contributed by atoms with van der Waals surface area (Å²) in [5, 5.41) is 21.8. The van der Waals surface area contributed by atoms with Gasteiger partial charge < -0.3 is 0 Å². The van der Waals surface area contributed by atoms with Crippen molar-refractivity contribution in [3.05, 3.63) is 0 Å². The van der Waals surface area contributed by atoms with Crippen LogP contribution in [0, 0.1) is 0 Å². The van der Waals surface area contributed by atoms with Crippen LogP contribution >= 0.6 is 17.2 Å². The molecule has 1 saturated heterocycles. The van der Waals surface area contributed by atoms with E-state index in [1.807, 2.05) is 0 Å². The van der Waals surface area contributed by atoms with Crippen molar-refractivity contribution in [3.8, 4) is 0 Å². The standard InChI is InChI=1S/C21H44ClO2P/c1-3-5-7-9-11-13-18-25(22,19-14-12-10-8-6-4-2)20(23)16-15-17-21(25)24/h20-21,23-24H,3-19H2,1-2H3. The van der Waals surface area contributed by atoms with Gasteiger partial charge in [0.15, 0.2) is 0 Å². The van der Waals surface area contributed by atoms with Gasteiger partial charge in [-0.05, 0) is 0 Å². The van der Waals surface area contributed by atoms with Crippen LogP contribution in [-0.2, 0) is 0 Å². The molecule has 1 aliphatic heterocycles. The number of aliphatic hydroxyl groups is 2. The molecular formula is C21H44ClO2P. The van der Waals surface area contributed by atoms with E-state index < -0.39 is 17.6 Å². The van der Waals surface area contributed by atoms with Crippen LogP contribution < -0.4 is 0 Å². The Hall–Kier alpha value is 0.640. The molecule has 0 aromatic rings. The Morgan fingerprint density at radius 2 is 1.04 bits per heavy atom. The summed E-state index contributed by atoms with van der Waals surface area (Å²) in [5.74, 6) is -3.82. The third-order valence-electron chi connectivity index (χ3n) is 6.36. The van der Waals surface area contributed by atoms with Crippen LogP contribution in [0.2, 0.25) is 0 Å². The van der Waals surface area contributed by atoms with Gasteiger partial charge in [-0.25, -0.2) is 0 Å². The summed E-state index contributed by atoms with van der Waals surface area (Å²) in [4.78, 5) is 0. The molecule has 0 saturated carbocycles. The molecule has 0 aliphatic carbocycles. The Bertz CT molecular complexity index is 321. The first-order valence-electron chi connectivity index (χ1n) is 11.1. The molecule has 0 aromatic heterocycles. The summed E-state index contributed by atoms with van der Waals surface area (Å²) in [6, 6.07) is 0. The van der Waals surface area contributed by atoms with Gasteiger partial charge in [-0.1, -0.05) is 0 Å². The molecular weight excluding hydrogens is 351 g/mol. The molecule has 4 heteroatoms. The van der Waals surface area contributed by atoms with E-state index in [-0.39, 0.29) is 0 Å². The van der Waals surface area contributed by atoms with E-state index in [4.69, 9.17) is 11.2 Å². The fourth-order valence-electron chi connectivity index (χ4n) is 4.49. The first kappa shape index (κ1) is 23.7. The number of hydrogen-bond donors (Lipinski definition) is 2. The predicted octanol–water partition coefficient (Wildman–Crippen LogP) is 7.24. The van der Waals surface area contributed by atoms with Crippen LogP contribution in [0.1, 0.15) is 110 Å². The summed E-state index contributed by atoms with van der Waals surface area (Å²) in [6.07, 6.45) is 19.1. The molecule has 2 nitrogen and oxygen atoms in total. The zero-order valence-electron chi connectivity index (χ0n) is 16.9. The van der Waals surface area contributed by atoms with Gasteiger partial charge in [0, 0.05) is 0 Å². The first-order valence-corrected chi connectivity index (χ1v) is 14.7. The zero-order valence-corrected chi connectivity index (χ0v) is 18.5. The number of halogens is 1. The molecule has 1 heterocycles. The van der Waals surface area contributed by atoms with Gasteiger partial charge in [-0.15, -0.1) is 0 Å². The fraction of sp³-hybridized carbons (Fsp3) is 1.00. The van der Waals surface area contributed by atoms with E-state index >= 15 is 0 Å². The second-order valence-corrected chi connectivity index (χ2v) is 16.2. The van der Waals surface area contributed by atoms with Gasteiger partial charge in [0.2, 0.25) is 0 Å². The van der Waals surface area contributed by atoms with Crippen LogP contribution in [0.25, 0.3) is 0 Å². The number of aliphatic hydroxyl groups excluding tert-OH is 2. The Labute approximate surface area is 161 Å². The SMILES string of the molecule is CCCCCCCCP1(Cl)(CCCCCCCC)C(O)CCCC1O. The fourth-order valence-corrected chi connectivity index (χ4v) is 11.1. The van der Waals surface area contributed by atoms with E-state index in [9.17, 15) is 10.2 Å². The van der Waals surface area contributed by atoms with E-state index in [0.29, 0.717) is 0 Å². The Morgan fingerprint density at radius 3 is 1.44 bits per heavy atom. The average molecular weight is 395 g/mol. The van der Waals surface area contributed by atoms with Crippen molar-refractivity contribution in [1.82, 2.24) is 0 Å². The molecule has 2 atom stereocenters. The summed E-state index contributed by atoms with van der Waals surface area (Å²) >= 11 is 7.35. The summed E-state index contributed by atoms with van der Waals surface area (Å²) in [5.41, 5.74) is 0. The summed E-state index contributed by atoms with van der Waals surface area (Å²) < 4.78 is 0. The Kier molecular flexibility index (Phi) is 11.5. The second-order valence-electron chi connectivity index (χ2n) is 8.41. The molecule has 0 aromatic carbocycles. The monoisotopic (exact) mass is 394 g/mol. The Balaban J connectivity index is 2.57. The van der Waals surface area contributed by atoms with Crippen LogP contribution in [0.4, 0.5) is 0 Å². The molecule has 0 bridgehead atoms. The van der Waals surface area contributed by atoms with Crippen LogP contribution in [0.3, 0.4) is 0 Å². The zero-order chi connectivity index (χ0) is 18.6. The second kappa shape index (κ2) is 12.2. The van der Waals surface area contributed by atoms with Gasteiger partial charge in [0.05, 0.1) is 0 Å². The molecule has 1 aliphatic rings. The van der Waals surface area contributed by atoms with Gasteiger partial charge in [0.1, 0.15) is 0 Å². The van der Waals surface area contributed by atoms with E-state index in [0.717, 1.165) is 44.4 Å². The molecule has 1 rings (SSSR count). The van der Waals surface area contributed by atoms with Crippen molar-refractivity contribution in [2.45, 2.75) is 122 Å². The summed E-state index contributed by atoms with van der Waals surface area (Å²) in [6.45, 7) is 4.48. The number of hydrogen-bond acceptors (Lipinski definition) is 2. The molecule has 152 valence electrons. The quantitative estimate of drug-likeness (QED) is 0.241. The number of unbranched alkanes of at least 4 members (excludes halogenated alkanes) is 10. The van der Waals surface area contributed by atoms with Gasteiger partial charge in [-0.2, -0.15) is 0 Å². The van der Waals surface area contributed by atoms with Gasteiger partial charge >= 0.3 is 162 Å². The Morgan fingerprint density at radius 1 is 0.680 bits per heavy atom. The molecule has 0 radical (unpaired) electrons. The molecule has 0 spiro atoms. The van der Waals surface area contributed by atoms with Crippen molar-refractivity contribution in [2.24, 2.45) is 0 Å². The minimum absolute atomic E-state index is 0.442. The molecule has 2 N–H and O–H groups in total. The van der Waals surface area contributed by atoms with Crippen molar-refractivity contribution < 1.29 is 10.2 Å². The van der Waals surface area contributed by atoms with Crippen molar-refractivity contribution in [2.75, 3.05) is 12.3 Å². The van der Waals surface area contributed by atoms with Crippen LogP contribution in [0.15, 0.2) is 0 Å². The topological polar surface area (TPSA) is 40.5 Å². The third kappa shape index (κ3) is 6.95. The molecule has 0 amide bonds. The first-order chi connectivity index (χ1) is 12.0. The van der Waals surface area contributed by atoms with E-state index in [1.165, 1.54) is 64.2 Å². The minimum atomic E-state index is -2.94. The van der Waals surface area contributed by atoms with E-state index in [1.54, 1.807) is 0 Å². The van der Waals surface area contributed by atoms with Crippen molar-refractivity contribution in [1.29, 1.82) is 0 Å². The average Bonchev–Trinajstić information content (AvgIpc) is 2.60. The van der Waals surface area contributed by atoms with Crippen molar-refractivity contribution >= 4 is 17.2 Å². The van der Waals surface area contributed by atoms with E-state index in [2.05, 4.69) is 13.8 Å². The molecule has 1 fully saturated rings. The number of rotatable bonds is 14. The van der Waals surface area contributed by atoms with Crippen molar-refractivity contribution in [3.63, 3.8) is 0 Å². The molecule has 25 heavy (non-hydrogen) atoms. The third-order valence-corrected chi connectivity index (χ3v) is 14.7. The van der Waals surface area contributed by atoms with Gasteiger partial charge in [0.25, 0.3) is 0 Å².